The first-order valence-electron chi connectivity index (χ1n) is 7.03. The first-order chi connectivity index (χ1) is 11.2. The number of halogens is 1. The van der Waals surface area contributed by atoms with Crippen LogP contribution in [-0.2, 0) is 6.61 Å². The molecule has 5 heteroatoms. The van der Waals surface area contributed by atoms with Gasteiger partial charge in [-0.05, 0) is 36.4 Å². The number of furan rings is 1. The van der Waals surface area contributed by atoms with Crippen molar-refractivity contribution in [2.45, 2.75) is 6.61 Å². The number of hydrogen-bond acceptors (Lipinski definition) is 3. The zero-order chi connectivity index (χ0) is 16.1. The zero-order valence-corrected chi connectivity index (χ0v) is 13.7. The highest BCUT2D eigenvalue weighted by Gasteiger charge is 2.16. The van der Waals surface area contributed by atoms with Crippen LogP contribution in [0.25, 0.3) is 0 Å². The molecule has 0 saturated heterocycles. The van der Waals surface area contributed by atoms with Crippen LogP contribution in [0.2, 0.25) is 0 Å². The highest BCUT2D eigenvalue weighted by molar-refractivity contribution is 9.10. The fraction of sp³-hybridized carbons (Fsp3) is 0.0556. The van der Waals surface area contributed by atoms with Crippen molar-refractivity contribution in [1.82, 2.24) is 0 Å². The number of benzene rings is 2. The van der Waals surface area contributed by atoms with Gasteiger partial charge in [-0.15, -0.1) is 0 Å². The number of carbonyl (C=O) groups is 1. The topological polar surface area (TPSA) is 51.5 Å². The van der Waals surface area contributed by atoms with Crippen LogP contribution in [0, 0.1) is 0 Å². The van der Waals surface area contributed by atoms with Gasteiger partial charge < -0.3 is 14.5 Å². The summed E-state index contributed by atoms with van der Waals surface area (Å²) in [6.07, 6.45) is 1.49. The van der Waals surface area contributed by atoms with Crippen LogP contribution in [0.3, 0.4) is 0 Å². The average Bonchev–Trinajstić information content (AvgIpc) is 3.02. The molecule has 1 N–H and O–H groups in total. The van der Waals surface area contributed by atoms with E-state index in [9.17, 15) is 4.79 Å². The summed E-state index contributed by atoms with van der Waals surface area (Å²) in [6, 6.07) is 18.5. The molecule has 0 aliphatic carbocycles. The Hall–Kier alpha value is -2.53. The van der Waals surface area contributed by atoms with Gasteiger partial charge in [-0.2, -0.15) is 0 Å². The lowest BCUT2D eigenvalue weighted by atomic mass is 10.2. The van der Waals surface area contributed by atoms with Crippen LogP contribution >= 0.6 is 15.9 Å². The van der Waals surface area contributed by atoms with Gasteiger partial charge in [0.05, 0.1) is 6.26 Å². The summed E-state index contributed by atoms with van der Waals surface area (Å²) in [5.41, 5.74) is 1.39. The molecule has 2 aromatic carbocycles. The minimum absolute atomic E-state index is 0.251. The monoisotopic (exact) mass is 371 g/mol. The molecule has 0 fully saturated rings. The third kappa shape index (κ3) is 4.02. The summed E-state index contributed by atoms with van der Waals surface area (Å²) in [5.74, 6) is 0.688. The first kappa shape index (κ1) is 15.4. The minimum atomic E-state index is -0.306. The van der Waals surface area contributed by atoms with E-state index in [1.165, 1.54) is 6.26 Å². The van der Waals surface area contributed by atoms with Crippen molar-refractivity contribution in [1.29, 1.82) is 0 Å². The van der Waals surface area contributed by atoms with E-state index < -0.39 is 0 Å². The average molecular weight is 372 g/mol. The Morgan fingerprint density at radius 3 is 2.70 bits per heavy atom. The smallest absolute Gasteiger partial charge is 0.291 e. The van der Waals surface area contributed by atoms with Crippen LogP contribution in [0.15, 0.2) is 75.8 Å². The van der Waals surface area contributed by atoms with Gasteiger partial charge in [-0.3, -0.25) is 4.79 Å². The molecule has 1 aromatic heterocycles. The third-order valence-electron chi connectivity index (χ3n) is 3.17. The van der Waals surface area contributed by atoms with E-state index in [0.717, 1.165) is 10.2 Å². The van der Waals surface area contributed by atoms with Crippen LogP contribution in [0.4, 0.5) is 5.69 Å². The number of para-hydroxylation sites is 1. The number of carbonyl (C=O) groups excluding carboxylic acids is 1. The van der Waals surface area contributed by atoms with E-state index in [1.54, 1.807) is 6.07 Å². The Bertz CT molecular complexity index is 799. The van der Waals surface area contributed by atoms with E-state index in [2.05, 4.69) is 21.2 Å². The maximum absolute atomic E-state index is 12.3. The number of amides is 1. The molecule has 3 aromatic rings. The molecule has 0 unspecified atom stereocenters. The standard InChI is InChI=1S/C18H14BrNO3/c19-14-5-4-6-15(11-14)20-18(21)17-13(9-10-22-17)12-23-16-7-2-1-3-8-16/h1-11H,12H2,(H,20,21). The summed E-state index contributed by atoms with van der Waals surface area (Å²) in [4.78, 5) is 12.3. The van der Waals surface area contributed by atoms with E-state index in [4.69, 9.17) is 9.15 Å². The molecule has 0 spiro atoms. The molecule has 0 aliphatic rings. The van der Waals surface area contributed by atoms with E-state index in [-0.39, 0.29) is 18.3 Å². The Morgan fingerprint density at radius 2 is 1.91 bits per heavy atom. The number of anilines is 1. The summed E-state index contributed by atoms with van der Waals surface area (Å²) in [7, 11) is 0. The van der Waals surface area contributed by atoms with Crippen molar-refractivity contribution < 1.29 is 13.9 Å². The van der Waals surface area contributed by atoms with Crippen molar-refractivity contribution in [2.24, 2.45) is 0 Å². The Balaban J connectivity index is 1.69. The zero-order valence-electron chi connectivity index (χ0n) is 12.2. The predicted molar refractivity (Wildman–Crippen MR) is 91.6 cm³/mol. The highest BCUT2D eigenvalue weighted by Crippen LogP contribution is 2.19. The maximum Gasteiger partial charge on any atom is 0.291 e. The lowest BCUT2D eigenvalue weighted by Crippen LogP contribution is -2.13. The van der Waals surface area contributed by atoms with Crippen LogP contribution in [-0.4, -0.2) is 5.91 Å². The van der Waals surface area contributed by atoms with Gasteiger partial charge in [0.15, 0.2) is 5.76 Å². The number of nitrogens with one attached hydrogen (secondary N) is 1. The van der Waals surface area contributed by atoms with Crippen LogP contribution in [0.1, 0.15) is 16.1 Å². The van der Waals surface area contributed by atoms with Gasteiger partial charge in [0.25, 0.3) is 5.91 Å². The van der Waals surface area contributed by atoms with Gasteiger partial charge in [0.2, 0.25) is 0 Å². The quantitative estimate of drug-likeness (QED) is 0.695. The molecule has 4 nitrogen and oxygen atoms in total. The minimum Gasteiger partial charge on any atom is -0.489 e. The summed E-state index contributed by atoms with van der Waals surface area (Å²) < 4.78 is 11.9. The molecule has 0 atom stereocenters. The van der Waals surface area contributed by atoms with Gasteiger partial charge >= 0.3 is 0 Å². The molecular formula is C18H14BrNO3. The molecule has 0 aliphatic heterocycles. The van der Waals surface area contributed by atoms with Crippen molar-refractivity contribution in [3.63, 3.8) is 0 Å². The fourth-order valence-electron chi connectivity index (χ4n) is 2.08. The summed E-state index contributed by atoms with van der Waals surface area (Å²) in [5, 5.41) is 2.81. The van der Waals surface area contributed by atoms with Gasteiger partial charge in [0, 0.05) is 15.7 Å². The van der Waals surface area contributed by atoms with Gasteiger partial charge in [-0.1, -0.05) is 40.2 Å². The molecule has 0 saturated carbocycles. The molecule has 0 bridgehead atoms. The summed E-state index contributed by atoms with van der Waals surface area (Å²) in [6.45, 7) is 0.266. The summed E-state index contributed by atoms with van der Waals surface area (Å²) >= 11 is 3.37. The van der Waals surface area contributed by atoms with Crippen LogP contribution < -0.4 is 10.1 Å². The predicted octanol–water partition coefficient (Wildman–Crippen LogP) is 4.87. The Kier molecular flexibility index (Phi) is 4.78. The van der Waals surface area contributed by atoms with E-state index in [0.29, 0.717) is 11.3 Å². The van der Waals surface area contributed by atoms with Crippen molar-refractivity contribution in [3.8, 4) is 5.75 Å². The number of rotatable bonds is 5. The van der Waals surface area contributed by atoms with Crippen molar-refractivity contribution >= 4 is 27.5 Å². The van der Waals surface area contributed by atoms with E-state index in [1.807, 2.05) is 54.6 Å². The molecule has 1 heterocycles. The number of hydrogen-bond donors (Lipinski definition) is 1. The second kappa shape index (κ2) is 7.15. The lowest BCUT2D eigenvalue weighted by molar-refractivity contribution is 0.0993. The van der Waals surface area contributed by atoms with E-state index >= 15 is 0 Å². The number of ether oxygens (including phenoxy) is 1. The molecule has 0 radical (unpaired) electrons. The normalized spacial score (nSPS) is 10.3. The SMILES string of the molecule is O=C(Nc1cccc(Br)c1)c1occc1COc1ccccc1. The lowest BCUT2D eigenvalue weighted by Gasteiger charge is -2.07. The molecule has 23 heavy (non-hydrogen) atoms. The second-order valence-corrected chi connectivity index (χ2v) is 5.76. The molecule has 3 rings (SSSR count). The Morgan fingerprint density at radius 1 is 1.09 bits per heavy atom. The molecule has 116 valence electrons. The maximum atomic E-state index is 12.3. The van der Waals surface area contributed by atoms with Gasteiger partial charge in [0.1, 0.15) is 12.4 Å². The third-order valence-corrected chi connectivity index (χ3v) is 3.67. The Labute approximate surface area is 142 Å². The second-order valence-electron chi connectivity index (χ2n) is 4.84. The molecular weight excluding hydrogens is 358 g/mol. The first-order valence-corrected chi connectivity index (χ1v) is 7.83. The highest BCUT2D eigenvalue weighted by atomic mass is 79.9. The largest absolute Gasteiger partial charge is 0.489 e. The van der Waals surface area contributed by atoms with Crippen molar-refractivity contribution in [2.75, 3.05) is 5.32 Å². The molecule has 1 amide bonds. The van der Waals surface area contributed by atoms with Gasteiger partial charge in [-0.25, -0.2) is 0 Å². The van der Waals surface area contributed by atoms with Crippen LogP contribution in [0.5, 0.6) is 5.75 Å². The fourth-order valence-corrected chi connectivity index (χ4v) is 2.48. The van der Waals surface area contributed by atoms with Crippen molar-refractivity contribution in [3.05, 3.63) is 82.7 Å².